The Kier molecular flexibility index (Phi) is 3.16. The van der Waals surface area contributed by atoms with Gasteiger partial charge in [-0.05, 0) is 18.2 Å². The van der Waals surface area contributed by atoms with Crippen LogP contribution in [0.5, 0.6) is 5.75 Å². The maximum Gasteiger partial charge on any atom is 0.339 e. The average molecular weight is 200 g/mol. The normalized spacial score (nSPS) is 9.92. The first-order valence-corrected chi connectivity index (χ1v) is 4.16. The molecule has 0 spiro atoms. The van der Waals surface area contributed by atoms with Gasteiger partial charge in [-0.25, -0.2) is 4.79 Å². The number of benzene rings is 1. The van der Waals surface area contributed by atoms with Gasteiger partial charge in [0.1, 0.15) is 11.3 Å². The van der Waals surface area contributed by atoms with Gasteiger partial charge in [0, 0.05) is 16.9 Å². The molecule has 0 aliphatic carbocycles. The summed E-state index contributed by atoms with van der Waals surface area (Å²) < 4.78 is 4.74. The van der Waals surface area contributed by atoms with E-state index in [1.165, 1.54) is 19.2 Å². The van der Waals surface area contributed by atoms with Crippen LogP contribution in [0.4, 0.5) is 0 Å². The van der Waals surface area contributed by atoms with Gasteiger partial charge in [-0.1, -0.05) is 0 Å². The summed E-state index contributed by atoms with van der Waals surface area (Å²) in [6.07, 6.45) is 0. The number of carboxylic acid groups (broad SMARTS) is 1. The van der Waals surface area contributed by atoms with Gasteiger partial charge >= 0.3 is 5.97 Å². The lowest BCUT2D eigenvalue weighted by molar-refractivity contribution is 0.0693. The van der Waals surface area contributed by atoms with Crippen molar-refractivity contribution >= 4 is 18.0 Å². The summed E-state index contributed by atoms with van der Waals surface area (Å²) >= 11 is 1.04. The third kappa shape index (κ3) is 2.37. The maximum absolute atomic E-state index is 10.6. The van der Waals surface area contributed by atoms with Crippen molar-refractivity contribution in [2.24, 2.45) is 0 Å². The predicted octanol–water partition coefficient (Wildman–Crippen LogP) is 1.74. The van der Waals surface area contributed by atoms with E-state index in [-0.39, 0.29) is 11.3 Å². The first kappa shape index (κ1) is 9.88. The number of aromatic hydroxyl groups is 1. The lowest BCUT2D eigenvalue weighted by Gasteiger charge is -2.01. The van der Waals surface area contributed by atoms with Gasteiger partial charge in [0.2, 0.25) is 0 Å². The van der Waals surface area contributed by atoms with Crippen LogP contribution in [0.15, 0.2) is 23.1 Å². The zero-order chi connectivity index (χ0) is 9.84. The molecule has 0 bridgehead atoms. The van der Waals surface area contributed by atoms with Gasteiger partial charge < -0.3 is 14.4 Å². The minimum absolute atomic E-state index is 0.123. The molecule has 1 rings (SSSR count). The fourth-order valence-corrected chi connectivity index (χ4v) is 1.32. The summed E-state index contributed by atoms with van der Waals surface area (Å²) in [7, 11) is 1.48. The van der Waals surface area contributed by atoms with Crippen LogP contribution in [0.25, 0.3) is 0 Å². The summed E-state index contributed by atoms with van der Waals surface area (Å²) in [5.74, 6) is -1.40. The van der Waals surface area contributed by atoms with Gasteiger partial charge in [0.15, 0.2) is 0 Å². The highest BCUT2D eigenvalue weighted by Gasteiger charge is 2.09. The smallest absolute Gasteiger partial charge is 0.339 e. The molecule has 0 fully saturated rings. The van der Waals surface area contributed by atoms with Crippen LogP contribution in [-0.4, -0.2) is 23.3 Å². The molecular formula is C8H8O4S. The van der Waals surface area contributed by atoms with E-state index in [1.807, 2.05) is 0 Å². The Morgan fingerprint density at radius 2 is 2.23 bits per heavy atom. The van der Waals surface area contributed by atoms with Crippen molar-refractivity contribution in [2.45, 2.75) is 4.90 Å². The molecule has 70 valence electrons. The summed E-state index contributed by atoms with van der Waals surface area (Å²) in [6.45, 7) is 0. The molecule has 1 aromatic carbocycles. The van der Waals surface area contributed by atoms with Crippen molar-refractivity contribution in [1.29, 1.82) is 0 Å². The van der Waals surface area contributed by atoms with Crippen molar-refractivity contribution in [1.82, 2.24) is 0 Å². The van der Waals surface area contributed by atoms with Crippen molar-refractivity contribution in [3.63, 3.8) is 0 Å². The number of aromatic carboxylic acids is 1. The summed E-state index contributed by atoms with van der Waals surface area (Å²) in [6, 6.07) is 4.26. The summed E-state index contributed by atoms with van der Waals surface area (Å²) in [4.78, 5) is 11.2. The van der Waals surface area contributed by atoms with Gasteiger partial charge in [0.25, 0.3) is 0 Å². The molecule has 4 nitrogen and oxygen atoms in total. The van der Waals surface area contributed by atoms with E-state index in [0.29, 0.717) is 4.90 Å². The molecule has 0 unspecified atom stereocenters. The van der Waals surface area contributed by atoms with Gasteiger partial charge in [-0.2, -0.15) is 0 Å². The second kappa shape index (κ2) is 4.15. The highest BCUT2D eigenvalue weighted by molar-refractivity contribution is 7.94. The molecule has 13 heavy (non-hydrogen) atoms. The molecule has 0 aromatic heterocycles. The summed E-state index contributed by atoms with van der Waals surface area (Å²) in [5.41, 5.74) is -0.123. The van der Waals surface area contributed by atoms with Crippen LogP contribution in [0.1, 0.15) is 10.4 Å². The van der Waals surface area contributed by atoms with Crippen molar-refractivity contribution in [2.75, 3.05) is 7.11 Å². The summed E-state index contributed by atoms with van der Waals surface area (Å²) in [5, 5.41) is 17.8. The molecule has 0 heterocycles. The molecular weight excluding hydrogens is 192 g/mol. The molecule has 0 amide bonds. The van der Waals surface area contributed by atoms with Crippen LogP contribution in [0, 0.1) is 0 Å². The fourth-order valence-electron chi connectivity index (χ4n) is 0.835. The van der Waals surface area contributed by atoms with Crippen molar-refractivity contribution in [3.8, 4) is 5.75 Å². The Morgan fingerprint density at radius 1 is 1.54 bits per heavy atom. The minimum Gasteiger partial charge on any atom is -0.507 e. The van der Waals surface area contributed by atoms with E-state index >= 15 is 0 Å². The number of phenols is 1. The fraction of sp³-hybridized carbons (Fsp3) is 0.125. The Bertz CT molecular complexity index is 324. The molecule has 0 atom stereocenters. The zero-order valence-corrected chi connectivity index (χ0v) is 7.67. The second-order valence-corrected chi connectivity index (χ2v) is 3.21. The van der Waals surface area contributed by atoms with Gasteiger partial charge in [-0.15, -0.1) is 0 Å². The van der Waals surface area contributed by atoms with Gasteiger partial charge in [0.05, 0.1) is 7.11 Å². The molecule has 1 aromatic rings. The Balaban J connectivity index is 3.04. The lowest BCUT2D eigenvalue weighted by atomic mass is 10.2. The number of hydrogen-bond acceptors (Lipinski definition) is 4. The maximum atomic E-state index is 10.6. The van der Waals surface area contributed by atoms with E-state index < -0.39 is 5.97 Å². The number of hydrogen-bond donors (Lipinski definition) is 2. The average Bonchev–Trinajstić information content (AvgIpc) is 2.08. The van der Waals surface area contributed by atoms with E-state index in [0.717, 1.165) is 12.0 Å². The largest absolute Gasteiger partial charge is 0.507 e. The monoisotopic (exact) mass is 200 g/mol. The number of carboxylic acids is 1. The van der Waals surface area contributed by atoms with Crippen LogP contribution in [-0.2, 0) is 4.18 Å². The van der Waals surface area contributed by atoms with Crippen LogP contribution in [0.3, 0.4) is 0 Å². The first-order chi connectivity index (χ1) is 6.15. The van der Waals surface area contributed by atoms with E-state index in [9.17, 15) is 4.79 Å². The van der Waals surface area contributed by atoms with Crippen molar-refractivity contribution < 1.29 is 19.2 Å². The number of rotatable bonds is 3. The standard InChI is InChI=1S/C8H8O4S/c1-12-13-5-2-3-7(9)6(4-5)8(10)11/h2-4,9H,1H3,(H,10,11). The predicted molar refractivity (Wildman–Crippen MR) is 47.9 cm³/mol. The number of carbonyl (C=O) groups is 1. The molecule has 0 aliphatic rings. The van der Waals surface area contributed by atoms with Crippen LogP contribution >= 0.6 is 12.0 Å². The van der Waals surface area contributed by atoms with E-state index in [1.54, 1.807) is 6.07 Å². The quantitative estimate of drug-likeness (QED) is 0.727. The highest BCUT2D eigenvalue weighted by atomic mass is 32.2. The van der Waals surface area contributed by atoms with Crippen LogP contribution < -0.4 is 0 Å². The molecule has 2 N–H and O–H groups in total. The molecule has 0 radical (unpaired) electrons. The second-order valence-electron chi connectivity index (χ2n) is 2.23. The van der Waals surface area contributed by atoms with E-state index in [2.05, 4.69) is 0 Å². The van der Waals surface area contributed by atoms with E-state index in [4.69, 9.17) is 14.4 Å². The van der Waals surface area contributed by atoms with Crippen molar-refractivity contribution in [3.05, 3.63) is 23.8 Å². The van der Waals surface area contributed by atoms with Gasteiger partial charge in [-0.3, -0.25) is 0 Å². The molecule has 0 saturated carbocycles. The SMILES string of the molecule is COSc1ccc(O)c(C(=O)O)c1. The third-order valence-electron chi connectivity index (χ3n) is 1.38. The molecule has 5 heteroatoms. The third-order valence-corrected chi connectivity index (χ3v) is 1.99. The molecule has 0 aliphatic heterocycles. The minimum atomic E-state index is -1.16. The Hall–Kier alpha value is -1.20. The zero-order valence-electron chi connectivity index (χ0n) is 6.85. The Labute approximate surface area is 79.4 Å². The molecule has 0 saturated heterocycles. The Morgan fingerprint density at radius 3 is 2.77 bits per heavy atom. The highest BCUT2D eigenvalue weighted by Crippen LogP contribution is 2.25. The van der Waals surface area contributed by atoms with Crippen LogP contribution in [0.2, 0.25) is 0 Å². The lowest BCUT2D eigenvalue weighted by Crippen LogP contribution is -1.96. The first-order valence-electron chi connectivity index (χ1n) is 3.42. The topological polar surface area (TPSA) is 66.8 Å².